The molecule has 0 radical (unpaired) electrons. The highest BCUT2D eigenvalue weighted by Crippen LogP contribution is 2.61. The molecule has 5 nitrogen and oxygen atoms in total. The van der Waals surface area contributed by atoms with Crippen LogP contribution >= 0.6 is 11.3 Å². The number of ketones is 1. The van der Waals surface area contributed by atoms with E-state index in [9.17, 15) is 23.5 Å². The Kier molecular flexibility index (Phi) is 8.50. The lowest BCUT2D eigenvalue weighted by Gasteiger charge is -2.43. The first-order valence-electron chi connectivity index (χ1n) is 15.6. The summed E-state index contributed by atoms with van der Waals surface area (Å²) in [5, 5.41) is 12.8. The fourth-order valence-corrected chi connectivity index (χ4v) is 8.35. The van der Waals surface area contributed by atoms with Gasteiger partial charge in [-0.05, 0) is 111 Å². The zero-order valence-corrected chi connectivity index (χ0v) is 26.1. The Morgan fingerprint density at radius 2 is 1.95 bits per heavy atom. The number of amides is 1. The van der Waals surface area contributed by atoms with Gasteiger partial charge in [-0.1, -0.05) is 36.8 Å². The predicted molar refractivity (Wildman–Crippen MR) is 167 cm³/mol. The maximum Gasteiger partial charge on any atom is 0.410 e. The van der Waals surface area contributed by atoms with Crippen molar-refractivity contribution in [1.29, 1.82) is 0 Å². The van der Waals surface area contributed by atoms with E-state index in [2.05, 4.69) is 26.0 Å². The van der Waals surface area contributed by atoms with Crippen molar-refractivity contribution in [2.24, 2.45) is 5.41 Å². The highest BCUT2D eigenvalue weighted by atomic mass is 32.1. The molecular weight excluding hydrogens is 580 g/mol. The summed E-state index contributed by atoms with van der Waals surface area (Å²) in [4.78, 5) is 30.4. The molecule has 1 saturated carbocycles. The predicted octanol–water partition coefficient (Wildman–Crippen LogP) is 8.00. The number of carbonyl (C=O) groups is 2. The van der Waals surface area contributed by atoms with Gasteiger partial charge in [-0.2, -0.15) is 0 Å². The summed E-state index contributed by atoms with van der Waals surface area (Å²) in [6.07, 6.45) is 6.76. The van der Waals surface area contributed by atoms with Gasteiger partial charge in [0.05, 0.1) is 12.6 Å². The Morgan fingerprint density at radius 3 is 2.73 bits per heavy atom. The van der Waals surface area contributed by atoms with Crippen LogP contribution in [0, 0.1) is 17.0 Å². The summed E-state index contributed by atoms with van der Waals surface area (Å²) in [6.45, 7) is 5.36. The Bertz CT molecular complexity index is 1590. The minimum atomic E-state index is -1.07. The molecule has 1 spiro atoms. The van der Waals surface area contributed by atoms with E-state index in [0.717, 1.165) is 48.9 Å². The second-order valence-electron chi connectivity index (χ2n) is 13.0. The SMILES string of the molecule is CC1=CCC[C@@]2(C)[C@@H](CC[C@@]23CN(CCc2cccs2)C(=O)O3)c2ccc(cc2C(=O)c2ccc(F)c(F)c2)C[C@@H](O)CC1. The number of thiophene rings is 1. The molecule has 8 heteroatoms. The fourth-order valence-electron chi connectivity index (χ4n) is 7.65. The Balaban J connectivity index is 1.41. The third kappa shape index (κ3) is 5.74. The summed E-state index contributed by atoms with van der Waals surface area (Å²) in [5.74, 6) is -2.58. The van der Waals surface area contributed by atoms with Gasteiger partial charge < -0.3 is 14.7 Å². The third-order valence-electron chi connectivity index (χ3n) is 10.3. The molecule has 2 aromatic carbocycles. The van der Waals surface area contributed by atoms with E-state index in [1.165, 1.54) is 16.5 Å². The van der Waals surface area contributed by atoms with Crippen molar-refractivity contribution in [3.8, 4) is 0 Å². The molecule has 2 bridgehead atoms. The lowest BCUT2D eigenvalue weighted by atomic mass is 9.64. The number of rotatable bonds is 5. The van der Waals surface area contributed by atoms with E-state index in [1.807, 2.05) is 34.5 Å². The summed E-state index contributed by atoms with van der Waals surface area (Å²) < 4.78 is 34.4. The molecule has 2 heterocycles. The summed E-state index contributed by atoms with van der Waals surface area (Å²) in [6, 6.07) is 13.1. The van der Waals surface area contributed by atoms with Gasteiger partial charge in [-0.25, -0.2) is 13.6 Å². The molecule has 4 aliphatic rings. The molecule has 1 saturated heterocycles. The van der Waals surface area contributed by atoms with E-state index in [1.54, 1.807) is 11.3 Å². The maximum absolute atomic E-state index is 14.3. The zero-order chi connectivity index (χ0) is 31.1. The second kappa shape index (κ2) is 12.2. The van der Waals surface area contributed by atoms with E-state index in [4.69, 9.17) is 4.74 Å². The van der Waals surface area contributed by atoms with Gasteiger partial charge in [0.1, 0.15) is 5.60 Å². The van der Waals surface area contributed by atoms with Gasteiger partial charge in [0.25, 0.3) is 0 Å². The van der Waals surface area contributed by atoms with Crippen molar-refractivity contribution in [3.05, 3.63) is 104 Å². The Labute approximate surface area is 261 Å². The minimum Gasteiger partial charge on any atom is -0.440 e. The normalized spacial score (nSPS) is 27.2. The molecule has 1 amide bonds. The van der Waals surface area contributed by atoms with Gasteiger partial charge >= 0.3 is 6.09 Å². The lowest BCUT2D eigenvalue weighted by Crippen LogP contribution is -2.48. The largest absolute Gasteiger partial charge is 0.440 e. The average Bonchev–Trinajstić information content (AvgIpc) is 3.70. The van der Waals surface area contributed by atoms with Gasteiger partial charge in [0.15, 0.2) is 17.4 Å². The number of halogens is 2. The smallest absolute Gasteiger partial charge is 0.410 e. The van der Waals surface area contributed by atoms with Crippen LogP contribution in [0.4, 0.5) is 13.6 Å². The van der Waals surface area contributed by atoms with Crippen LogP contribution in [0.25, 0.3) is 0 Å². The van der Waals surface area contributed by atoms with Crippen LogP contribution in [0.3, 0.4) is 0 Å². The number of aliphatic hydroxyl groups is 1. The van der Waals surface area contributed by atoms with Gasteiger partial charge in [-0.3, -0.25) is 4.79 Å². The number of nitrogens with zero attached hydrogens (tertiary/aromatic N) is 1. The van der Waals surface area contributed by atoms with Crippen molar-refractivity contribution in [2.75, 3.05) is 13.1 Å². The molecule has 3 aromatic rings. The van der Waals surface area contributed by atoms with E-state index in [0.29, 0.717) is 44.3 Å². The van der Waals surface area contributed by atoms with E-state index in [-0.39, 0.29) is 23.4 Å². The van der Waals surface area contributed by atoms with Gasteiger partial charge in [0, 0.05) is 28.0 Å². The number of ether oxygens (including phenoxy) is 1. The molecule has 1 aliphatic heterocycles. The molecule has 1 N–H and O–H groups in total. The topological polar surface area (TPSA) is 66.8 Å². The van der Waals surface area contributed by atoms with Crippen LogP contribution in [0.1, 0.15) is 90.2 Å². The number of aliphatic hydroxyl groups excluding tert-OH is 1. The van der Waals surface area contributed by atoms with Crippen molar-refractivity contribution < 1.29 is 28.2 Å². The van der Waals surface area contributed by atoms with Crippen LogP contribution in [0.5, 0.6) is 0 Å². The third-order valence-corrected chi connectivity index (χ3v) is 11.2. The van der Waals surface area contributed by atoms with E-state index >= 15 is 0 Å². The quantitative estimate of drug-likeness (QED) is 0.232. The molecule has 7 rings (SSSR count). The summed E-state index contributed by atoms with van der Waals surface area (Å²) in [5.41, 5.74) is 2.14. The first kappa shape index (κ1) is 30.7. The summed E-state index contributed by atoms with van der Waals surface area (Å²) >= 11 is 1.68. The average molecular weight is 620 g/mol. The first-order chi connectivity index (χ1) is 21.1. The van der Waals surface area contributed by atoms with Gasteiger partial charge in [-0.15, -0.1) is 11.3 Å². The molecule has 2 fully saturated rings. The molecule has 3 aliphatic carbocycles. The first-order valence-corrected chi connectivity index (χ1v) is 16.4. The Morgan fingerprint density at radius 1 is 1.11 bits per heavy atom. The highest BCUT2D eigenvalue weighted by molar-refractivity contribution is 7.09. The number of carbonyl (C=O) groups excluding carboxylic acids is 2. The maximum atomic E-state index is 14.3. The van der Waals surface area contributed by atoms with Crippen molar-refractivity contribution >= 4 is 23.2 Å². The van der Waals surface area contributed by atoms with Crippen LogP contribution in [-0.2, 0) is 17.6 Å². The van der Waals surface area contributed by atoms with Crippen LogP contribution in [0.2, 0.25) is 0 Å². The zero-order valence-electron chi connectivity index (χ0n) is 25.3. The molecule has 232 valence electrons. The number of allylic oxidation sites excluding steroid dienone is 2. The number of benzene rings is 2. The fraction of sp³-hybridized carbons (Fsp3) is 0.444. The lowest BCUT2D eigenvalue weighted by molar-refractivity contribution is -0.0372. The van der Waals surface area contributed by atoms with Crippen LogP contribution in [0.15, 0.2) is 65.6 Å². The number of fused-ring (bicyclic) bond motifs is 8. The highest BCUT2D eigenvalue weighted by Gasteiger charge is 2.63. The van der Waals surface area contributed by atoms with Crippen molar-refractivity contribution in [3.63, 3.8) is 0 Å². The van der Waals surface area contributed by atoms with Crippen molar-refractivity contribution in [1.82, 2.24) is 4.90 Å². The monoisotopic (exact) mass is 619 g/mol. The Hall–Kier alpha value is -3.36. The standard InChI is InChI=1S/C36H39F2NO4S/c1-23-5-3-15-35(2)30(13-16-36(35)22-39(34(42)43-36)17-14-27-6-4-18-44-27)28-11-8-24(19-26(40)10-7-23)20-29(28)33(41)25-9-12-31(37)32(38)21-25/h4-6,8-9,11-12,18,20-21,26,30,40H,3,7,10,13-17,19,22H2,1-2H3/t26-,30-,35-,36+/m0/s1. The minimum absolute atomic E-state index is 0.0731. The van der Waals surface area contributed by atoms with Crippen molar-refractivity contribution in [2.45, 2.75) is 82.8 Å². The second-order valence-corrected chi connectivity index (χ2v) is 14.0. The number of hydrogen-bond acceptors (Lipinski definition) is 5. The molecule has 4 atom stereocenters. The molecular formula is C36H39F2NO4S. The molecule has 1 aromatic heterocycles. The number of hydrogen-bond donors (Lipinski definition) is 1. The van der Waals surface area contributed by atoms with Crippen LogP contribution in [-0.4, -0.2) is 46.7 Å². The molecule has 0 unspecified atom stereocenters. The molecule has 44 heavy (non-hydrogen) atoms. The van der Waals surface area contributed by atoms with Gasteiger partial charge in [0.2, 0.25) is 0 Å². The summed E-state index contributed by atoms with van der Waals surface area (Å²) in [7, 11) is 0. The van der Waals surface area contributed by atoms with E-state index < -0.39 is 28.8 Å². The van der Waals surface area contributed by atoms with Crippen LogP contribution < -0.4 is 0 Å².